The molecule has 0 aromatic heterocycles. The van der Waals surface area contributed by atoms with Crippen LogP contribution in [0.5, 0.6) is 0 Å². The lowest BCUT2D eigenvalue weighted by molar-refractivity contribution is 0.0463. The van der Waals surface area contributed by atoms with Crippen LogP contribution in [0.15, 0.2) is 18.2 Å². The minimum absolute atomic E-state index is 0.354. The molecular formula is C14H20OS. The monoisotopic (exact) mass is 236 g/mol. The van der Waals surface area contributed by atoms with E-state index in [2.05, 4.69) is 39.0 Å². The van der Waals surface area contributed by atoms with Gasteiger partial charge in [0.15, 0.2) is 0 Å². The van der Waals surface area contributed by atoms with Crippen molar-refractivity contribution in [3.8, 4) is 0 Å². The summed E-state index contributed by atoms with van der Waals surface area (Å²) in [5.74, 6) is 1.09. The third kappa shape index (κ3) is 2.28. The topological polar surface area (TPSA) is 20.2 Å². The maximum Gasteiger partial charge on any atom is 0.0811 e. The lowest BCUT2D eigenvalue weighted by Crippen LogP contribution is -2.37. The molecule has 2 rings (SSSR count). The molecule has 1 heterocycles. The first kappa shape index (κ1) is 12.0. The molecule has 0 amide bonds. The van der Waals surface area contributed by atoms with E-state index in [-0.39, 0.29) is 0 Å². The fourth-order valence-corrected chi connectivity index (χ4v) is 3.66. The zero-order chi connectivity index (χ0) is 11.8. The highest BCUT2D eigenvalue weighted by Crippen LogP contribution is 2.38. The maximum atomic E-state index is 10.6. The molecule has 1 nitrogen and oxygen atoms in total. The van der Waals surface area contributed by atoms with Gasteiger partial charge in [-0.1, -0.05) is 30.7 Å². The van der Waals surface area contributed by atoms with Crippen molar-refractivity contribution in [1.82, 2.24) is 0 Å². The number of hydrogen-bond acceptors (Lipinski definition) is 2. The van der Waals surface area contributed by atoms with Crippen LogP contribution in [-0.2, 0) is 6.42 Å². The Morgan fingerprint density at radius 2 is 2.19 bits per heavy atom. The molecule has 0 saturated carbocycles. The van der Waals surface area contributed by atoms with Gasteiger partial charge in [0, 0.05) is 11.7 Å². The van der Waals surface area contributed by atoms with Crippen LogP contribution in [0.1, 0.15) is 30.0 Å². The van der Waals surface area contributed by atoms with Gasteiger partial charge in [0.2, 0.25) is 0 Å². The summed E-state index contributed by atoms with van der Waals surface area (Å²) in [5.41, 5.74) is 3.38. The van der Waals surface area contributed by atoms with E-state index in [1.54, 1.807) is 0 Å². The summed E-state index contributed by atoms with van der Waals surface area (Å²) < 4.78 is 0. The van der Waals surface area contributed by atoms with Gasteiger partial charge in [0.25, 0.3) is 0 Å². The summed E-state index contributed by atoms with van der Waals surface area (Å²) in [5, 5.41) is 11.0. The van der Waals surface area contributed by atoms with E-state index in [1.807, 2.05) is 11.8 Å². The third-order valence-corrected chi connectivity index (χ3v) is 5.04. The number of aryl methyl sites for hydroxylation is 2. The normalized spacial score (nSPS) is 29.6. The molecule has 88 valence electrons. The highest BCUT2D eigenvalue weighted by Gasteiger charge is 2.39. The zero-order valence-corrected chi connectivity index (χ0v) is 11.1. The quantitative estimate of drug-likeness (QED) is 0.851. The van der Waals surface area contributed by atoms with Gasteiger partial charge in [-0.3, -0.25) is 0 Å². The Bertz CT molecular complexity index is 388. The Morgan fingerprint density at radius 3 is 2.81 bits per heavy atom. The fourth-order valence-electron chi connectivity index (χ4n) is 2.32. The number of hydrogen-bond donors (Lipinski definition) is 1. The van der Waals surface area contributed by atoms with Crippen LogP contribution in [0.4, 0.5) is 0 Å². The minimum Gasteiger partial charge on any atom is -0.388 e. The second-order valence-corrected chi connectivity index (χ2v) is 6.42. The lowest BCUT2D eigenvalue weighted by atomic mass is 9.87. The van der Waals surface area contributed by atoms with E-state index >= 15 is 0 Å². The molecule has 1 saturated heterocycles. The van der Waals surface area contributed by atoms with E-state index in [9.17, 15) is 5.11 Å². The fraction of sp³-hybridized carbons (Fsp3) is 0.571. The van der Waals surface area contributed by atoms with E-state index in [0.29, 0.717) is 5.25 Å². The smallest absolute Gasteiger partial charge is 0.0811 e. The Labute approximate surface area is 102 Å². The SMILES string of the molecule is Cc1ccc(C)c(CC2(O)CCSC2C)c1. The molecule has 1 aliphatic rings. The molecule has 2 unspecified atom stereocenters. The molecular weight excluding hydrogens is 216 g/mol. The molecule has 1 aromatic carbocycles. The molecule has 1 aliphatic heterocycles. The van der Waals surface area contributed by atoms with Gasteiger partial charge in [-0.2, -0.15) is 11.8 Å². The largest absolute Gasteiger partial charge is 0.388 e. The van der Waals surface area contributed by atoms with Crippen LogP contribution in [0.3, 0.4) is 0 Å². The Kier molecular flexibility index (Phi) is 3.32. The van der Waals surface area contributed by atoms with Gasteiger partial charge in [-0.25, -0.2) is 0 Å². The van der Waals surface area contributed by atoms with Gasteiger partial charge in [-0.05, 0) is 37.1 Å². The highest BCUT2D eigenvalue weighted by molar-refractivity contribution is 8.00. The average Bonchev–Trinajstić information content (AvgIpc) is 2.53. The van der Waals surface area contributed by atoms with E-state index in [0.717, 1.165) is 18.6 Å². The van der Waals surface area contributed by atoms with Crippen LogP contribution in [-0.4, -0.2) is 21.7 Å². The van der Waals surface area contributed by atoms with Crippen LogP contribution in [0.25, 0.3) is 0 Å². The number of thioether (sulfide) groups is 1. The molecule has 2 atom stereocenters. The number of aliphatic hydroxyl groups is 1. The van der Waals surface area contributed by atoms with E-state index < -0.39 is 5.60 Å². The molecule has 1 fully saturated rings. The maximum absolute atomic E-state index is 10.6. The second-order valence-electron chi connectivity index (χ2n) is 4.97. The highest BCUT2D eigenvalue weighted by atomic mass is 32.2. The van der Waals surface area contributed by atoms with Crippen molar-refractivity contribution in [3.63, 3.8) is 0 Å². The first-order valence-corrected chi connectivity index (χ1v) is 6.96. The zero-order valence-electron chi connectivity index (χ0n) is 10.3. The van der Waals surface area contributed by atoms with Crippen LogP contribution in [0.2, 0.25) is 0 Å². The van der Waals surface area contributed by atoms with Crippen molar-refractivity contribution in [2.75, 3.05) is 5.75 Å². The molecule has 0 radical (unpaired) electrons. The average molecular weight is 236 g/mol. The molecule has 0 spiro atoms. The first-order valence-electron chi connectivity index (χ1n) is 5.91. The summed E-state index contributed by atoms with van der Waals surface area (Å²) in [7, 11) is 0. The summed E-state index contributed by atoms with van der Waals surface area (Å²) >= 11 is 1.88. The first-order chi connectivity index (χ1) is 7.51. The molecule has 0 bridgehead atoms. The Hall–Kier alpha value is -0.470. The van der Waals surface area contributed by atoms with Crippen molar-refractivity contribution in [2.45, 2.75) is 44.5 Å². The van der Waals surface area contributed by atoms with Crippen molar-refractivity contribution in [1.29, 1.82) is 0 Å². The van der Waals surface area contributed by atoms with Crippen molar-refractivity contribution < 1.29 is 5.11 Å². The van der Waals surface area contributed by atoms with Crippen molar-refractivity contribution in [3.05, 3.63) is 34.9 Å². The standard InChI is InChI=1S/C14H20OS/c1-10-4-5-11(2)13(8-10)9-14(15)6-7-16-12(14)3/h4-5,8,12,15H,6-7,9H2,1-3H3. The Balaban J connectivity index is 2.23. The van der Waals surface area contributed by atoms with Crippen LogP contribution in [0, 0.1) is 13.8 Å². The summed E-state index contributed by atoms with van der Waals surface area (Å²) in [6.07, 6.45) is 1.72. The van der Waals surface area contributed by atoms with Gasteiger partial charge in [0.05, 0.1) is 5.60 Å². The lowest BCUT2D eigenvalue weighted by Gasteiger charge is -2.27. The summed E-state index contributed by atoms with van der Waals surface area (Å²) in [6, 6.07) is 6.50. The van der Waals surface area contributed by atoms with Gasteiger partial charge in [-0.15, -0.1) is 0 Å². The summed E-state index contributed by atoms with van der Waals surface area (Å²) in [4.78, 5) is 0. The second kappa shape index (κ2) is 4.42. The van der Waals surface area contributed by atoms with Gasteiger partial charge >= 0.3 is 0 Å². The van der Waals surface area contributed by atoms with Crippen LogP contribution >= 0.6 is 11.8 Å². The third-order valence-electron chi connectivity index (χ3n) is 3.66. The van der Waals surface area contributed by atoms with Gasteiger partial charge < -0.3 is 5.11 Å². The number of rotatable bonds is 2. The Morgan fingerprint density at radius 1 is 1.44 bits per heavy atom. The minimum atomic E-state index is -0.497. The van der Waals surface area contributed by atoms with E-state index in [4.69, 9.17) is 0 Å². The molecule has 1 N–H and O–H groups in total. The predicted octanol–water partition coefficient (Wildman–Crippen LogP) is 3.10. The molecule has 2 heteroatoms. The predicted molar refractivity (Wildman–Crippen MR) is 71.1 cm³/mol. The molecule has 0 aliphatic carbocycles. The molecule has 16 heavy (non-hydrogen) atoms. The van der Waals surface area contributed by atoms with E-state index in [1.165, 1.54) is 16.7 Å². The van der Waals surface area contributed by atoms with Crippen molar-refractivity contribution >= 4 is 11.8 Å². The summed E-state index contributed by atoms with van der Waals surface area (Å²) in [6.45, 7) is 6.38. The van der Waals surface area contributed by atoms with Crippen LogP contribution < -0.4 is 0 Å². The van der Waals surface area contributed by atoms with Crippen molar-refractivity contribution in [2.24, 2.45) is 0 Å². The molecule has 1 aromatic rings. The van der Waals surface area contributed by atoms with Gasteiger partial charge in [0.1, 0.15) is 0 Å². The number of benzene rings is 1.